The van der Waals surface area contributed by atoms with Gasteiger partial charge in [0.05, 0.1) is 6.61 Å². The summed E-state index contributed by atoms with van der Waals surface area (Å²) in [6.07, 6.45) is 5.07. The topological polar surface area (TPSA) is 55.4 Å². The Morgan fingerprint density at radius 3 is 2.55 bits per heavy atom. The average molecular weight is 302 g/mol. The Bertz CT molecular complexity index is 391. The lowest BCUT2D eigenvalue weighted by Gasteiger charge is -2.10. The largest absolute Gasteiger partial charge is 0.461 e. The van der Waals surface area contributed by atoms with Gasteiger partial charge in [0.15, 0.2) is 0 Å². The Morgan fingerprint density at radius 2 is 2.05 bits per heavy atom. The van der Waals surface area contributed by atoms with Crippen LogP contribution in [0.4, 0.5) is 0 Å². The number of hydrogen-bond acceptors (Lipinski definition) is 3. The highest BCUT2D eigenvalue weighted by molar-refractivity contribution is 6.17. The lowest BCUT2D eigenvalue weighted by atomic mass is 10.1. The molecule has 0 aromatic rings. The number of allylic oxidation sites excluding steroid dienone is 1. The lowest BCUT2D eigenvalue weighted by molar-refractivity contribution is -0.140. The van der Waals surface area contributed by atoms with Crippen molar-refractivity contribution >= 4 is 23.5 Å². The first kappa shape index (κ1) is 17.0. The fraction of sp³-hybridized carbons (Fsp3) is 0.733. The van der Waals surface area contributed by atoms with Crippen molar-refractivity contribution in [2.24, 2.45) is 11.3 Å². The summed E-state index contributed by atoms with van der Waals surface area (Å²) in [5.74, 6) is 0.0329. The number of ether oxygens (including phenoxy) is 1. The second kappa shape index (κ2) is 7.67. The predicted molar refractivity (Wildman–Crippen MR) is 79.3 cm³/mol. The molecule has 0 saturated heterocycles. The van der Waals surface area contributed by atoms with Crippen molar-refractivity contribution in [1.82, 2.24) is 5.32 Å². The van der Waals surface area contributed by atoms with E-state index in [4.69, 9.17) is 16.3 Å². The third-order valence-corrected chi connectivity index (χ3v) is 3.79. The highest BCUT2D eigenvalue weighted by Gasteiger charge is 2.50. The van der Waals surface area contributed by atoms with E-state index < -0.39 is 5.97 Å². The van der Waals surface area contributed by atoms with Crippen molar-refractivity contribution in [3.8, 4) is 0 Å². The van der Waals surface area contributed by atoms with Gasteiger partial charge in [0.25, 0.3) is 0 Å². The Balaban J connectivity index is 2.58. The molecule has 0 aromatic carbocycles. The molecule has 1 amide bonds. The number of nitrogens with one attached hydrogen (secondary N) is 1. The highest BCUT2D eigenvalue weighted by Crippen LogP contribution is 2.51. The fourth-order valence-corrected chi connectivity index (χ4v) is 2.20. The lowest BCUT2D eigenvalue weighted by Crippen LogP contribution is -2.30. The summed E-state index contributed by atoms with van der Waals surface area (Å²) in [6.45, 7) is 6.13. The van der Waals surface area contributed by atoms with E-state index in [2.05, 4.69) is 5.32 Å². The average Bonchev–Trinajstić information content (AvgIpc) is 3.02. The van der Waals surface area contributed by atoms with Gasteiger partial charge in [-0.25, -0.2) is 4.79 Å². The summed E-state index contributed by atoms with van der Waals surface area (Å²) >= 11 is 5.61. The second-order valence-electron chi connectivity index (χ2n) is 5.76. The van der Waals surface area contributed by atoms with Crippen LogP contribution >= 0.6 is 11.6 Å². The minimum absolute atomic E-state index is 0.0110. The number of esters is 1. The minimum atomic E-state index is -0.467. The Morgan fingerprint density at radius 1 is 1.40 bits per heavy atom. The summed E-state index contributed by atoms with van der Waals surface area (Å²) in [6, 6.07) is 0. The maximum Gasteiger partial charge on any atom is 0.354 e. The van der Waals surface area contributed by atoms with Crippen LogP contribution in [-0.4, -0.2) is 24.4 Å². The molecule has 1 unspecified atom stereocenters. The Kier molecular flexibility index (Phi) is 6.53. The zero-order valence-electron chi connectivity index (χ0n) is 12.5. The molecule has 0 radical (unpaired) electrons. The zero-order valence-corrected chi connectivity index (χ0v) is 13.3. The van der Waals surface area contributed by atoms with Gasteiger partial charge in [-0.15, -0.1) is 11.6 Å². The van der Waals surface area contributed by atoms with Crippen LogP contribution in [-0.2, 0) is 14.3 Å². The van der Waals surface area contributed by atoms with Gasteiger partial charge in [0.1, 0.15) is 5.70 Å². The molecule has 0 spiro atoms. The number of unbranched alkanes of at least 4 members (excludes halogenated alkanes) is 2. The normalized spacial score (nSPS) is 20.4. The van der Waals surface area contributed by atoms with Crippen LogP contribution in [0.1, 0.15) is 46.5 Å². The van der Waals surface area contributed by atoms with Gasteiger partial charge in [-0.1, -0.05) is 19.9 Å². The minimum Gasteiger partial charge on any atom is -0.461 e. The van der Waals surface area contributed by atoms with E-state index in [1.807, 2.05) is 13.8 Å². The van der Waals surface area contributed by atoms with Gasteiger partial charge >= 0.3 is 5.97 Å². The van der Waals surface area contributed by atoms with Crippen LogP contribution in [0.2, 0.25) is 0 Å². The summed E-state index contributed by atoms with van der Waals surface area (Å²) < 4.78 is 4.97. The molecule has 114 valence electrons. The van der Waals surface area contributed by atoms with E-state index in [1.165, 1.54) is 0 Å². The maximum atomic E-state index is 12.0. The monoisotopic (exact) mass is 301 g/mol. The highest BCUT2D eigenvalue weighted by atomic mass is 35.5. The molecule has 0 aliphatic heterocycles. The molecule has 1 aliphatic carbocycles. The summed E-state index contributed by atoms with van der Waals surface area (Å²) in [4.78, 5) is 23.9. The van der Waals surface area contributed by atoms with E-state index in [0.29, 0.717) is 18.9 Å². The third-order valence-electron chi connectivity index (χ3n) is 3.52. The summed E-state index contributed by atoms with van der Waals surface area (Å²) in [5.41, 5.74) is 0.303. The predicted octanol–water partition coefficient (Wildman–Crippen LogP) is 3.00. The smallest absolute Gasteiger partial charge is 0.354 e. The van der Waals surface area contributed by atoms with Crippen molar-refractivity contribution in [2.45, 2.75) is 46.5 Å². The van der Waals surface area contributed by atoms with Gasteiger partial charge in [-0.3, -0.25) is 4.79 Å². The third kappa shape index (κ3) is 5.16. The van der Waals surface area contributed by atoms with Crippen molar-refractivity contribution < 1.29 is 14.3 Å². The molecule has 1 aliphatic rings. The Hall–Kier alpha value is -1.03. The number of carbonyl (C=O) groups is 2. The first-order chi connectivity index (χ1) is 9.42. The molecule has 20 heavy (non-hydrogen) atoms. The van der Waals surface area contributed by atoms with Crippen molar-refractivity contribution in [3.05, 3.63) is 11.8 Å². The number of amides is 1. The number of alkyl halides is 1. The molecule has 1 atom stereocenters. The van der Waals surface area contributed by atoms with Crippen molar-refractivity contribution in [3.63, 3.8) is 0 Å². The van der Waals surface area contributed by atoms with Gasteiger partial charge in [-0.05, 0) is 38.0 Å². The summed E-state index contributed by atoms with van der Waals surface area (Å²) in [5, 5.41) is 2.71. The Labute approximate surface area is 125 Å². The molecule has 0 heterocycles. The standard InChI is InChI=1S/C15H24ClNO3/c1-4-20-14(19)12(8-6-5-7-9-16)17-13(18)11-10-15(11,2)3/h8,11H,4-7,9-10H2,1-3H3,(H,17,18). The molecular formula is C15H24ClNO3. The number of hydrogen-bond donors (Lipinski definition) is 1. The van der Waals surface area contributed by atoms with Crippen LogP contribution in [0, 0.1) is 11.3 Å². The van der Waals surface area contributed by atoms with E-state index in [9.17, 15) is 9.59 Å². The van der Waals surface area contributed by atoms with E-state index >= 15 is 0 Å². The van der Waals surface area contributed by atoms with Crippen LogP contribution in [0.5, 0.6) is 0 Å². The molecule has 1 fully saturated rings. The molecular weight excluding hydrogens is 278 g/mol. The van der Waals surface area contributed by atoms with Crippen LogP contribution in [0.15, 0.2) is 11.8 Å². The van der Waals surface area contributed by atoms with E-state index in [1.54, 1.807) is 13.0 Å². The van der Waals surface area contributed by atoms with E-state index in [0.717, 1.165) is 19.3 Å². The van der Waals surface area contributed by atoms with Crippen LogP contribution in [0.25, 0.3) is 0 Å². The molecule has 4 nitrogen and oxygen atoms in total. The van der Waals surface area contributed by atoms with Crippen LogP contribution in [0.3, 0.4) is 0 Å². The van der Waals surface area contributed by atoms with Gasteiger partial charge in [0, 0.05) is 11.8 Å². The molecule has 1 saturated carbocycles. The molecule has 1 N–H and O–H groups in total. The second-order valence-corrected chi connectivity index (χ2v) is 6.14. The quantitative estimate of drug-likeness (QED) is 0.324. The maximum absolute atomic E-state index is 12.0. The number of rotatable bonds is 8. The van der Waals surface area contributed by atoms with Crippen molar-refractivity contribution in [1.29, 1.82) is 0 Å². The fourth-order valence-electron chi connectivity index (χ4n) is 2.01. The van der Waals surface area contributed by atoms with E-state index in [-0.39, 0.29) is 22.9 Å². The SMILES string of the molecule is CCOC(=O)C(=CCCCCCl)NC(=O)C1CC1(C)C. The number of carbonyl (C=O) groups excluding carboxylic acids is 2. The zero-order chi connectivity index (χ0) is 15.2. The van der Waals surface area contributed by atoms with Gasteiger partial charge in [0.2, 0.25) is 5.91 Å². The van der Waals surface area contributed by atoms with Gasteiger partial charge < -0.3 is 10.1 Å². The van der Waals surface area contributed by atoms with Gasteiger partial charge in [-0.2, -0.15) is 0 Å². The molecule has 5 heteroatoms. The van der Waals surface area contributed by atoms with Crippen molar-refractivity contribution in [2.75, 3.05) is 12.5 Å². The van der Waals surface area contributed by atoms with Crippen LogP contribution < -0.4 is 5.32 Å². The molecule has 0 bridgehead atoms. The summed E-state index contributed by atoms with van der Waals surface area (Å²) in [7, 11) is 0. The number of halogens is 1. The molecule has 1 rings (SSSR count). The molecule has 0 aromatic heterocycles. The first-order valence-corrected chi connectivity index (χ1v) is 7.70. The first-order valence-electron chi connectivity index (χ1n) is 7.16.